The number of aromatic nitrogens is 3. The van der Waals surface area contributed by atoms with Crippen LogP contribution in [-0.2, 0) is 7.05 Å². The predicted octanol–water partition coefficient (Wildman–Crippen LogP) is -0.156. The number of anilines is 1. The van der Waals surface area contributed by atoms with Crippen molar-refractivity contribution in [1.82, 2.24) is 14.5 Å². The van der Waals surface area contributed by atoms with Crippen LogP contribution in [0, 0.1) is 0 Å². The molecule has 0 spiro atoms. The molecule has 0 amide bonds. The first-order valence-corrected chi connectivity index (χ1v) is 3.48. The summed E-state index contributed by atoms with van der Waals surface area (Å²) in [5, 5.41) is 0. The fourth-order valence-electron chi connectivity index (χ4n) is 1.19. The highest BCUT2D eigenvalue weighted by Crippen LogP contribution is 2.12. The molecule has 2 rings (SSSR count). The Kier molecular flexibility index (Phi) is 1.21. The standard InChI is InChI=1S/C7H8N4O/c1-11-3-10-5-4(8)2-9-7(12)6(5)11/h2-3H,8H2,1H3,(H,9,12). The van der Waals surface area contributed by atoms with Crippen LogP contribution in [0.2, 0.25) is 0 Å². The number of nitrogen functional groups attached to an aromatic ring is 1. The largest absolute Gasteiger partial charge is 0.396 e. The molecular weight excluding hydrogens is 156 g/mol. The first-order valence-electron chi connectivity index (χ1n) is 3.48. The number of H-pyrrole nitrogens is 1. The third kappa shape index (κ3) is 0.730. The predicted molar refractivity (Wildman–Crippen MR) is 45.7 cm³/mol. The number of aryl methyl sites for hydroxylation is 1. The van der Waals surface area contributed by atoms with Crippen LogP contribution in [0.4, 0.5) is 5.69 Å². The Morgan fingerprint density at radius 1 is 1.67 bits per heavy atom. The van der Waals surface area contributed by atoms with Gasteiger partial charge in [0, 0.05) is 13.2 Å². The maximum Gasteiger partial charge on any atom is 0.274 e. The number of nitrogens with two attached hydrogens (primary N) is 1. The van der Waals surface area contributed by atoms with Crippen LogP contribution in [0.3, 0.4) is 0 Å². The molecule has 2 aromatic rings. The van der Waals surface area contributed by atoms with Gasteiger partial charge in [-0.25, -0.2) is 4.98 Å². The van der Waals surface area contributed by atoms with Crippen LogP contribution in [0.1, 0.15) is 0 Å². The minimum Gasteiger partial charge on any atom is -0.396 e. The summed E-state index contributed by atoms with van der Waals surface area (Å²) >= 11 is 0. The number of hydrogen-bond acceptors (Lipinski definition) is 3. The Hall–Kier alpha value is -1.78. The normalized spacial score (nSPS) is 10.8. The molecule has 0 aliphatic rings. The topological polar surface area (TPSA) is 76.7 Å². The van der Waals surface area contributed by atoms with Crippen molar-refractivity contribution in [2.75, 3.05) is 5.73 Å². The summed E-state index contributed by atoms with van der Waals surface area (Å²) in [6.07, 6.45) is 3.02. The van der Waals surface area contributed by atoms with Gasteiger partial charge in [-0.1, -0.05) is 0 Å². The number of imidazole rings is 1. The van der Waals surface area contributed by atoms with Crippen molar-refractivity contribution in [2.45, 2.75) is 0 Å². The van der Waals surface area contributed by atoms with Gasteiger partial charge in [0.15, 0.2) is 0 Å². The van der Waals surface area contributed by atoms with Gasteiger partial charge in [-0.05, 0) is 0 Å². The molecule has 0 bridgehead atoms. The van der Waals surface area contributed by atoms with E-state index in [-0.39, 0.29) is 5.56 Å². The fourth-order valence-corrected chi connectivity index (χ4v) is 1.19. The summed E-state index contributed by atoms with van der Waals surface area (Å²) in [5.41, 5.74) is 6.98. The van der Waals surface area contributed by atoms with E-state index in [1.54, 1.807) is 17.9 Å². The van der Waals surface area contributed by atoms with Crippen LogP contribution >= 0.6 is 0 Å². The highest BCUT2D eigenvalue weighted by Gasteiger charge is 2.05. The molecule has 0 fully saturated rings. The lowest BCUT2D eigenvalue weighted by Gasteiger charge is -1.94. The lowest BCUT2D eigenvalue weighted by Crippen LogP contribution is -2.09. The van der Waals surface area contributed by atoms with Crippen molar-refractivity contribution >= 4 is 16.7 Å². The SMILES string of the molecule is Cn1cnc2c(N)c[nH]c(=O)c21. The molecule has 2 aromatic heterocycles. The first kappa shape index (κ1) is 6.90. The average Bonchev–Trinajstić information content (AvgIpc) is 2.42. The fraction of sp³-hybridized carbons (Fsp3) is 0.143. The Bertz CT molecular complexity index is 482. The molecule has 0 radical (unpaired) electrons. The summed E-state index contributed by atoms with van der Waals surface area (Å²) in [5.74, 6) is 0. The molecular formula is C7H8N4O. The second-order valence-electron chi connectivity index (χ2n) is 2.63. The van der Waals surface area contributed by atoms with Gasteiger partial charge >= 0.3 is 0 Å². The third-order valence-electron chi connectivity index (χ3n) is 1.78. The molecule has 0 aliphatic carbocycles. The van der Waals surface area contributed by atoms with E-state index in [1.807, 2.05) is 0 Å². The van der Waals surface area contributed by atoms with Gasteiger partial charge in [0.2, 0.25) is 0 Å². The molecule has 0 saturated heterocycles. The van der Waals surface area contributed by atoms with Crippen molar-refractivity contribution in [1.29, 1.82) is 0 Å². The van der Waals surface area contributed by atoms with E-state index in [0.717, 1.165) is 0 Å². The van der Waals surface area contributed by atoms with E-state index in [4.69, 9.17) is 5.73 Å². The minimum absolute atomic E-state index is 0.167. The summed E-state index contributed by atoms with van der Waals surface area (Å²) in [4.78, 5) is 17.8. The molecule has 12 heavy (non-hydrogen) atoms. The Morgan fingerprint density at radius 3 is 3.08 bits per heavy atom. The molecule has 0 saturated carbocycles. The molecule has 0 aliphatic heterocycles. The summed E-state index contributed by atoms with van der Waals surface area (Å²) in [6, 6.07) is 0. The second kappa shape index (κ2) is 2.10. The Labute approximate surface area is 67.8 Å². The van der Waals surface area contributed by atoms with E-state index in [9.17, 15) is 4.79 Å². The zero-order chi connectivity index (χ0) is 8.72. The van der Waals surface area contributed by atoms with Crippen LogP contribution in [0.15, 0.2) is 17.3 Å². The molecule has 62 valence electrons. The first-order chi connectivity index (χ1) is 5.70. The van der Waals surface area contributed by atoms with Crippen LogP contribution in [-0.4, -0.2) is 14.5 Å². The molecule has 5 heteroatoms. The van der Waals surface area contributed by atoms with Crippen molar-refractivity contribution in [3.63, 3.8) is 0 Å². The zero-order valence-electron chi connectivity index (χ0n) is 6.53. The van der Waals surface area contributed by atoms with Gasteiger partial charge in [0.05, 0.1) is 12.0 Å². The van der Waals surface area contributed by atoms with E-state index in [2.05, 4.69) is 9.97 Å². The maximum absolute atomic E-state index is 11.2. The average molecular weight is 164 g/mol. The van der Waals surface area contributed by atoms with Crippen molar-refractivity contribution in [2.24, 2.45) is 7.05 Å². The molecule has 5 nitrogen and oxygen atoms in total. The summed E-state index contributed by atoms with van der Waals surface area (Å²) < 4.78 is 1.64. The molecule has 0 atom stereocenters. The third-order valence-corrected chi connectivity index (χ3v) is 1.78. The summed E-state index contributed by atoms with van der Waals surface area (Å²) in [6.45, 7) is 0. The van der Waals surface area contributed by atoms with E-state index in [1.165, 1.54) is 6.20 Å². The second-order valence-corrected chi connectivity index (χ2v) is 2.63. The summed E-state index contributed by atoms with van der Waals surface area (Å²) in [7, 11) is 1.75. The number of nitrogens with one attached hydrogen (secondary N) is 1. The van der Waals surface area contributed by atoms with Gasteiger partial charge < -0.3 is 15.3 Å². The number of nitrogens with zero attached hydrogens (tertiary/aromatic N) is 2. The quantitative estimate of drug-likeness (QED) is 0.568. The van der Waals surface area contributed by atoms with Crippen molar-refractivity contribution < 1.29 is 0 Å². The van der Waals surface area contributed by atoms with E-state index in [0.29, 0.717) is 16.7 Å². The number of rotatable bonds is 0. The van der Waals surface area contributed by atoms with Crippen LogP contribution in [0.25, 0.3) is 11.0 Å². The molecule has 0 aromatic carbocycles. The highest BCUT2D eigenvalue weighted by atomic mass is 16.1. The zero-order valence-corrected chi connectivity index (χ0v) is 6.53. The Morgan fingerprint density at radius 2 is 2.42 bits per heavy atom. The lowest BCUT2D eigenvalue weighted by atomic mass is 10.3. The van der Waals surface area contributed by atoms with Gasteiger partial charge in [-0.3, -0.25) is 4.79 Å². The van der Waals surface area contributed by atoms with Gasteiger partial charge in [-0.15, -0.1) is 0 Å². The number of pyridine rings is 1. The monoisotopic (exact) mass is 164 g/mol. The van der Waals surface area contributed by atoms with E-state index >= 15 is 0 Å². The minimum atomic E-state index is -0.167. The van der Waals surface area contributed by atoms with Gasteiger partial charge in [-0.2, -0.15) is 0 Å². The molecule has 2 heterocycles. The van der Waals surface area contributed by atoms with Gasteiger partial charge in [0.1, 0.15) is 11.0 Å². The highest BCUT2D eigenvalue weighted by molar-refractivity contribution is 5.85. The van der Waals surface area contributed by atoms with Crippen molar-refractivity contribution in [3.05, 3.63) is 22.9 Å². The van der Waals surface area contributed by atoms with E-state index < -0.39 is 0 Å². The van der Waals surface area contributed by atoms with Crippen LogP contribution in [0.5, 0.6) is 0 Å². The lowest BCUT2D eigenvalue weighted by molar-refractivity contribution is 0.939. The Balaban J connectivity index is 3.09. The maximum atomic E-state index is 11.2. The van der Waals surface area contributed by atoms with Gasteiger partial charge in [0.25, 0.3) is 5.56 Å². The smallest absolute Gasteiger partial charge is 0.274 e. The van der Waals surface area contributed by atoms with Crippen molar-refractivity contribution in [3.8, 4) is 0 Å². The van der Waals surface area contributed by atoms with Crippen LogP contribution < -0.4 is 11.3 Å². The number of aromatic amines is 1. The number of hydrogen-bond donors (Lipinski definition) is 2. The molecule has 0 unspecified atom stereocenters. The number of fused-ring (bicyclic) bond motifs is 1. The molecule has 3 N–H and O–H groups in total.